The molecule has 15 atom stereocenters. The Labute approximate surface area is 214 Å². The van der Waals surface area contributed by atoms with E-state index in [1.165, 1.54) is 7.11 Å². The Hall–Kier alpha value is -0.600. The summed E-state index contributed by atoms with van der Waals surface area (Å²) >= 11 is 0. The van der Waals surface area contributed by atoms with Crippen molar-refractivity contribution in [2.75, 3.05) is 33.5 Å². The first kappa shape index (κ1) is 30.9. The van der Waals surface area contributed by atoms with Crippen molar-refractivity contribution in [1.29, 1.82) is 0 Å². The topological polar surface area (TPSA) is 226 Å². The highest BCUT2D eigenvalue weighted by Crippen LogP contribution is 2.34. The summed E-state index contributed by atoms with van der Waals surface area (Å²) in [6, 6.07) is 0. The van der Waals surface area contributed by atoms with Crippen LogP contribution in [0.15, 0.2) is 0 Å². The van der Waals surface area contributed by atoms with Gasteiger partial charge in [0.05, 0.1) is 25.9 Å². The monoisotopic (exact) mass is 544 g/mol. The standard InChI is InChI=1S/C22H40O15/c1-4-32-20-8(2)12(25)18(9(5-23)33-20)36-22-17(30)15(28)19(10(6-24)34-22)37-21-16(29)14(27)13(26)11(35-21)7-31-3/h8-30H,4-7H2,1-3H3/t8?,9?,10?,11?,12?,13?,14?,15?,16?,17?,18?,19?,20-,21+,22+/m0/s1. The highest BCUT2D eigenvalue weighted by Gasteiger charge is 2.53. The summed E-state index contributed by atoms with van der Waals surface area (Å²) in [6.45, 7) is 2.30. The first-order valence-electron chi connectivity index (χ1n) is 12.3. The van der Waals surface area contributed by atoms with E-state index in [-0.39, 0.29) is 6.61 Å². The molecule has 3 heterocycles. The summed E-state index contributed by atoms with van der Waals surface area (Å²) < 4.78 is 38.5. The molecule has 0 radical (unpaired) electrons. The zero-order chi connectivity index (χ0) is 27.4. The minimum Gasteiger partial charge on any atom is -0.394 e. The maximum Gasteiger partial charge on any atom is 0.187 e. The van der Waals surface area contributed by atoms with E-state index in [0.29, 0.717) is 6.61 Å². The van der Waals surface area contributed by atoms with Crippen LogP contribution < -0.4 is 0 Å². The molecule has 37 heavy (non-hydrogen) atoms. The van der Waals surface area contributed by atoms with Crippen LogP contribution in [0, 0.1) is 5.92 Å². The molecule has 0 saturated carbocycles. The van der Waals surface area contributed by atoms with Crippen LogP contribution in [-0.2, 0) is 33.2 Å². The number of rotatable bonds is 10. The van der Waals surface area contributed by atoms with Gasteiger partial charge in [-0.05, 0) is 6.92 Å². The summed E-state index contributed by atoms with van der Waals surface area (Å²) in [4.78, 5) is 0. The lowest BCUT2D eigenvalue weighted by Gasteiger charge is -2.48. The zero-order valence-electron chi connectivity index (χ0n) is 20.9. The van der Waals surface area contributed by atoms with Crippen molar-refractivity contribution in [3.05, 3.63) is 0 Å². The van der Waals surface area contributed by atoms with Gasteiger partial charge < -0.3 is 74.0 Å². The van der Waals surface area contributed by atoms with Crippen molar-refractivity contribution >= 4 is 0 Å². The summed E-state index contributed by atoms with van der Waals surface area (Å²) in [5.74, 6) is -0.574. The van der Waals surface area contributed by atoms with Crippen molar-refractivity contribution in [1.82, 2.24) is 0 Å². The normalized spacial score (nSPS) is 49.2. The van der Waals surface area contributed by atoms with Crippen molar-refractivity contribution < 1.29 is 74.0 Å². The minimum absolute atomic E-state index is 0.142. The molecule has 0 amide bonds. The second-order valence-corrected chi connectivity index (χ2v) is 9.41. The molecular weight excluding hydrogens is 504 g/mol. The second-order valence-electron chi connectivity index (χ2n) is 9.41. The lowest BCUT2D eigenvalue weighted by molar-refractivity contribution is -0.376. The van der Waals surface area contributed by atoms with Gasteiger partial charge in [-0.3, -0.25) is 0 Å². The third-order valence-electron chi connectivity index (χ3n) is 6.89. The van der Waals surface area contributed by atoms with E-state index in [1.54, 1.807) is 13.8 Å². The molecule has 15 nitrogen and oxygen atoms in total. The number of aliphatic hydroxyl groups is 8. The Morgan fingerprint density at radius 2 is 1.11 bits per heavy atom. The van der Waals surface area contributed by atoms with Gasteiger partial charge >= 0.3 is 0 Å². The lowest BCUT2D eigenvalue weighted by Crippen LogP contribution is -2.66. The van der Waals surface area contributed by atoms with E-state index >= 15 is 0 Å². The molecule has 8 N–H and O–H groups in total. The van der Waals surface area contributed by atoms with Crippen LogP contribution in [0.5, 0.6) is 0 Å². The van der Waals surface area contributed by atoms with Crippen molar-refractivity contribution in [2.24, 2.45) is 5.92 Å². The van der Waals surface area contributed by atoms with Crippen molar-refractivity contribution in [3.8, 4) is 0 Å². The fourth-order valence-electron chi connectivity index (χ4n) is 4.70. The van der Waals surface area contributed by atoms with Gasteiger partial charge in [-0.15, -0.1) is 0 Å². The van der Waals surface area contributed by atoms with E-state index in [9.17, 15) is 40.9 Å². The van der Waals surface area contributed by atoms with Gasteiger partial charge in [-0.1, -0.05) is 6.92 Å². The maximum absolute atomic E-state index is 10.8. The molecule has 0 aromatic rings. The molecule has 3 saturated heterocycles. The molecule has 0 bridgehead atoms. The SMILES string of the molecule is CCO[C@H]1OC(CO)C(O[C@H]2OC(CO)C(O[C@H]3OC(COC)C(O)C(O)C3O)C(O)C2O)C(O)C1C. The summed E-state index contributed by atoms with van der Waals surface area (Å²) in [5, 5.41) is 82.6. The minimum atomic E-state index is -1.77. The quantitative estimate of drug-likeness (QED) is 0.129. The first-order chi connectivity index (χ1) is 17.6. The number of methoxy groups -OCH3 is 1. The average Bonchev–Trinajstić information content (AvgIpc) is 2.89. The third-order valence-corrected chi connectivity index (χ3v) is 6.89. The van der Waals surface area contributed by atoms with E-state index in [1.807, 2.05) is 0 Å². The number of aliphatic hydroxyl groups excluding tert-OH is 8. The van der Waals surface area contributed by atoms with Crippen LogP contribution in [0.2, 0.25) is 0 Å². The highest BCUT2D eigenvalue weighted by molar-refractivity contribution is 4.96. The fraction of sp³-hybridized carbons (Fsp3) is 1.00. The Morgan fingerprint density at radius 3 is 1.62 bits per heavy atom. The predicted octanol–water partition coefficient (Wildman–Crippen LogP) is -4.60. The molecule has 218 valence electrons. The Bertz CT molecular complexity index is 682. The number of hydrogen-bond donors (Lipinski definition) is 8. The summed E-state index contributed by atoms with van der Waals surface area (Å²) in [5.41, 5.74) is 0. The lowest BCUT2D eigenvalue weighted by atomic mass is 9.92. The molecule has 3 aliphatic heterocycles. The van der Waals surface area contributed by atoms with E-state index < -0.39 is 105 Å². The number of ether oxygens (including phenoxy) is 7. The highest BCUT2D eigenvalue weighted by atomic mass is 16.8. The molecule has 15 heteroatoms. The Balaban J connectivity index is 1.71. The molecule has 3 fully saturated rings. The van der Waals surface area contributed by atoms with Crippen molar-refractivity contribution in [3.63, 3.8) is 0 Å². The summed E-state index contributed by atoms with van der Waals surface area (Å²) in [7, 11) is 1.34. The Morgan fingerprint density at radius 1 is 0.622 bits per heavy atom. The van der Waals surface area contributed by atoms with Crippen LogP contribution in [0.3, 0.4) is 0 Å². The maximum atomic E-state index is 10.8. The molecule has 3 rings (SSSR count). The van der Waals surface area contributed by atoms with Crippen LogP contribution in [-0.4, -0.2) is 160 Å². The van der Waals surface area contributed by atoms with Gasteiger partial charge in [0.25, 0.3) is 0 Å². The van der Waals surface area contributed by atoms with Crippen LogP contribution in [0.4, 0.5) is 0 Å². The van der Waals surface area contributed by atoms with Gasteiger partial charge in [0.15, 0.2) is 18.9 Å². The second kappa shape index (κ2) is 13.6. The third kappa shape index (κ3) is 6.59. The predicted molar refractivity (Wildman–Crippen MR) is 119 cm³/mol. The molecule has 0 aromatic heterocycles. The average molecular weight is 545 g/mol. The van der Waals surface area contributed by atoms with E-state index in [4.69, 9.17) is 33.2 Å². The van der Waals surface area contributed by atoms with Crippen LogP contribution >= 0.6 is 0 Å². The Kier molecular flexibility index (Phi) is 11.4. The molecule has 12 unspecified atom stereocenters. The molecule has 0 spiro atoms. The first-order valence-corrected chi connectivity index (χ1v) is 12.3. The molecular formula is C22H40O15. The van der Waals surface area contributed by atoms with Gasteiger partial charge in [-0.25, -0.2) is 0 Å². The zero-order valence-corrected chi connectivity index (χ0v) is 20.9. The summed E-state index contributed by atoms with van der Waals surface area (Å²) in [6.07, 6.45) is -19.7. The smallest absolute Gasteiger partial charge is 0.187 e. The fourth-order valence-corrected chi connectivity index (χ4v) is 4.70. The van der Waals surface area contributed by atoms with E-state index in [0.717, 1.165) is 0 Å². The van der Waals surface area contributed by atoms with Gasteiger partial charge in [0, 0.05) is 19.6 Å². The van der Waals surface area contributed by atoms with Crippen LogP contribution in [0.25, 0.3) is 0 Å². The molecule has 3 aliphatic rings. The van der Waals surface area contributed by atoms with Gasteiger partial charge in [0.1, 0.15) is 61.0 Å². The number of hydrogen-bond acceptors (Lipinski definition) is 15. The van der Waals surface area contributed by atoms with Gasteiger partial charge in [0.2, 0.25) is 0 Å². The largest absolute Gasteiger partial charge is 0.394 e. The van der Waals surface area contributed by atoms with E-state index in [2.05, 4.69) is 0 Å². The molecule has 0 aromatic carbocycles. The van der Waals surface area contributed by atoms with Gasteiger partial charge in [-0.2, -0.15) is 0 Å². The molecule has 0 aliphatic carbocycles. The van der Waals surface area contributed by atoms with Crippen molar-refractivity contribution in [2.45, 2.75) is 99.9 Å². The van der Waals surface area contributed by atoms with Crippen LogP contribution in [0.1, 0.15) is 13.8 Å².